The summed E-state index contributed by atoms with van der Waals surface area (Å²) in [6.45, 7) is 0.455. The molecule has 3 aromatic carbocycles. The minimum Gasteiger partial charge on any atom is -0.274 e. The molecule has 0 saturated carbocycles. The van der Waals surface area contributed by atoms with Crippen molar-refractivity contribution in [3.05, 3.63) is 82.4 Å². The topological polar surface area (TPSA) is 37.4 Å². The third-order valence-electron chi connectivity index (χ3n) is 5.64. The Kier molecular flexibility index (Phi) is 3.42. The molecule has 2 amide bonds. The molecular formula is C23H19NO2. The Bertz CT molecular complexity index is 994. The van der Waals surface area contributed by atoms with E-state index in [4.69, 9.17) is 0 Å². The number of amides is 2. The third kappa shape index (κ3) is 2.20. The molecule has 0 unspecified atom stereocenters. The number of benzene rings is 3. The van der Waals surface area contributed by atoms with Crippen molar-refractivity contribution in [2.24, 2.45) is 0 Å². The highest BCUT2D eigenvalue weighted by Crippen LogP contribution is 2.38. The van der Waals surface area contributed by atoms with Gasteiger partial charge in [0.1, 0.15) is 0 Å². The fraction of sp³-hybridized carbons (Fsp3) is 0.217. The van der Waals surface area contributed by atoms with Gasteiger partial charge in [-0.15, -0.1) is 0 Å². The molecule has 3 aromatic rings. The van der Waals surface area contributed by atoms with Gasteiger partial charge in [0.15, 0.2) is 0 Å². The molecule has 5 rings (SSSR count). The highest BCUT2D eigenvalue weighted by Gasteiger charge is 2.34. The lowest BCUT2D eigenvalue weighted by Gasteiger charge is -2.27. The van der Waals surface area contributed by atoms with Crippen LogP contribution in [-0.2, 0) is 19.3 Å². The van der Waals surface area contributed by atoms with Crippen LogP contribution in [0.3, 0.4) is 0 Å². The van der Waals surface area contributed by atoms with Gasteiger partial charge in [-0.05, 0) is 59.9 Å². The minimum absolute atomic E-state index is 0.147. The van der Waals surface area contributed by atoms with Crippen LogP contribution in [0.2, 0.25) is 0 Å². The van der Waals surface area contributed by atoms with Crippen LogP contribution in [0.5, 0.6) is 0 Å². The van der Waals surface area contributed by atoms with Crippen molar-refractivity contribution in [1.82, 2.24) is 4.90 Å². The van der Waals surface area contributed by atoms with Gasteiger partial charge in [0.25, 0.3) is 11.8 Å². The van der Waals surface area contributed by atoms with E-state index in [2.05, 4.69) is 24.3 Å². The van der Waals surface area contributed by atoms with Crippen LogP contribution in [0.4, 0.5) is 0 Å². The Morgan fingerprint density at radius 3 is 1.96 bits per heavy atom. The lowest BCUT2D eigenvalue weighted by molar-refractivity contribution is 0.0609. The molecule has 0 radical (unpaired) electrons. The lowest BCUT2D eigenvalue weighted by atomic mass is 9.91. The van der Waals surface area contributed by atoms with Crippen molar-refractivity contribution >= 4 is 22.6 Å². The third-order valence-corrected chi connectivity index (χ3v) is 5.64. The van der Waals surface area contributed by atoms with Gasteiger partial charge in [-0.2, -0.15) is 0 Å². The maximum atomic E-state index is 13.0. The predicted octanol–water partition coefficient (Wildman–Crippen LogP) is 4.17. The Hall–Kier alpha value is -2.94. The number of hydrogen-bond donors (Lipinski definition) is 0. The number of hydrogen-bond acceptors (Lipinski definition) is 2. The maximum Gasteiger partial charge on any atom is 0.261 e. The summed E-state index contributed by atoms with van der Waals surface area (Å²) in [7, 11) is 0. The van der Waals surface area contributed by atoms with E-state index < -0.39 is 0 Å². The van der Waals surface area contributed by atoms with Crippen LogP contribution in [0.15, 0.2) is 54.6 Å². The van der Waals surface area contributed by atoms with Crippen LogP contribution in [0.1, 0.15) is 43.8 Å². The normalized spacial score (nSPS) is 15.2. The molecule has 26 heavy (non-hydrogen) atoms. The molecule has 1 aliphatic carbocycles. The molecule has 1 heterocycles. The number of rotatable bonds is 4. The van der Waals surface area contributed by atoms with Crippen LogP contribution in [-0.4, -0.2) is 23.3 Å². The fourth-order valence-corrected chi connectivity index (χ4v) is 4.36. The zero-order chi connectivity index (χ0) is 17.7. The molecule has 3 nitrogen and oxygen atoms in total. The van der Waals surface area contributed by atoms with Gasteiger partial charge in [-0.25, -0.2) is 0 Å². The summed E-state index contributed by atoms with van der Waals surface area (Å²) in [5, 5.41) is 2.03. The quantitative estimate of drug-likeness (QED) is 0.668. The Morgan fingerprint density at radius 1 is 0.731 bits per heavy atom. The van der Waals surface area contributed by atoms with Gasteiger partial charge in [0.05, 0.1) is 0 Å². The smallest absolute Gasteiger partial charge is 0.261 e. The summed E-state index contributed by atoms with van der Waals surface area (Å²) in [5.41, 5.74) is 5.12. The van der Waals surface area contributed by atoms with Crippen LogP contribution < -0.4 is 0 Å². The molecule has 0 spiro atoms. The van der Waals surface area contributed by atoms with Gasteiger partial charge >= 0.3 is 0 Å². The van der Waals surface area contributed by atoms with Gasteiger partial charge in [-0.3, -0.25) is 14.5 Å². The van der Waals surface area contributed by atoms with E-state index in [1.54, 1.807) is 0 Å². The second-order valence-corrected chi connectivity index (χ2v) is 7.15. The van der Waals surface area contributed by atoms with Crippen molar-refractivity contribution in [1.29, 1.82) is 0 Å². The van der Waals surface area contributed by atoms with Crippen molar-refractivity contribution in [3.8, 4) is 0 Å². The van der Waals surface area contributed by atoms with E-state index in [-0.39, 0.29) is 11.8 Å². The van der Waals surface area contributed by atoms with Crippen LogP contribution >= 0.6 is 0 Å². The van der Waals surface area contributed by atoms with Gasteiger partial charge < -0.3 is 0 Å². The van der Waals surface area contributed by atoms with E-state index in [0.29, 0.717) is 17.7 Å². The maximum absolute atomic E-state index is 13.0. The van der Waals surface area contributed by atoms with Crippen molar-refractivity contribution in [2.75, 3.05) is 6.54 Å². The van der Waals surface area contributed by atoms with E-state index >= 15 is 0 Å². The molecule has 3 heteroatoms. The van der Waals surface area contributed by atoms with Gasteiger partial charge in [0, 0.05) is 23.1 Å². The second-order valence-electron chi connectivity index (χ2n) is 7.15. The number of carbonyl (C=O) groups is 2. The van der Waals surface area contributed by atoms with Gasteiger partial charge in [0.2, 0.25) is 0 Å². The summed E-state index contributed by atoms with van der Waals surface area (Å²) in [6, 6.07) is 18.1. The van der Waals surface area contributed by atoms with E-state index in [0.717, 1.165) is 36.5 Å². The summed E-state index contributed by atoms with van der Waals surface area (Å²) in [6.07, 6.45) is 3.63. The molecule has 0 fully saturated rings. The molecule has 0 atom stereocenters. The largest absolute Gasteiger partial charge is 0.274 e. The molecule has 0 bridgehead atoms. The summed E-state index contributed by atoms with van der Waals surface area (Å²) in [5.74, 6) is -0.294. The lowest BCUT2D eigenvalue weighted by Crippen LogP contribution is -2.41. The van der Waals surface area contributed by atoms with Crippen LogP contribution in [0.25, 0.3) is 10.8 Å². The predicted molar refractivity (Wildman–Crippen MR) is 101 cm³/mol. The Balaban J connectivity index is 1.47. The fourth-order valence-electron chi connectivity index (χ4n) is 4.36. The SMILES string of the molecule is O=C1c2ccc3c4c(ccc(c24)C(=O)N1CCCc1ccccc1)CC3. The minimum atomic E-state index is -0.147. The first-order valence-electron chi connectivity index (χ1n) is 9.21. The van der Waals surface area contributed by atoms with Crippen LogP contribution in [0, 0.1) is 0 Å². The zero-order valence-electron chi connectivity index (χ0n) is 14.5. The Labute approximate surface area is 152 Å². The van der Waals surface area contributed by atoms with E-state index in [9.17, 15) is 9.59 Å². The summed E-state index contributed by atoms with van der Waals surface area (Å²) in [4.78, 5) is 27.4. The average Bonchev–Trinajstić information content (AvgIpc) is 3.10. The number of nitrogens with zero attached hydrogens (tertiary/aromatic N) is 1. The van der Waals surface area contributed by atoms with Crippen molar-refractivity contribution < 1.29 is 9.59 Å². The number of aryl methyl sites for hydroxylation is 3. The molecule has 1 aliphatic heterocycles. The van der Waals surface area contributed by atoms with Crippen molar-refractivity contribution in [3.63, 3.8) is 0 Å². The molecule has 0 N–H and O–H groups in total. The first kappa shape index (κ1) is 15.3. The Morgan fingerprint density at radius 2 is 1.35 bits per heavy atom. The monoisotopic (exact) mass is 341 g/mol. The number of carbonyl (C=O) groups excluding carboxylic acids is 2. The molecule has 2 aliphatic rings. The number of imide groups is 1. The van der Waals surface area contributed by atoms with Gasteiger partial charge in [-0.1, -0.05) is 42.5 Å². The van der Waals surface area contributed by atoms with E-state index in [1.165, 1.54) is 21.6 Å². The summed E-state index contributed by atoms with van der Waals surface area (Å²) < 4.78 is 0. The molecule has 0 aromatic heterocycles. The first-order valence-corrected chi connectivity index (χ1v) is 9.21. The van der Waals surface area contributed by atoms with Crippen molar-refractivity contribution in [2.45, 2.75) is 25.7 Å². The highest BCUT2D eigenvalue weighted by molar-refractivity contribution is 6.26. The molecule has 128 valence electrons. The average molecular weight is 341 g/mol. The summed E-state index contributed by atoms with van der Waals surface area (Å²) >= 11 is 0. The standard InChI is InChI=1S/C23H19NO2/c25-22-18-12-10-16-8-9-17-11-13-19(21(18)20(16)17)23(26)24(22)14-4-7-15-5-2-1-3-6-15/h1-3,5-6,10-13H,4,7-9,14H2. The second kappa shape index (κ2) is 5.80. The zero-order valence-corrected chi connectivity index (χ0v) is 14.5. The van der Waals surface area contributed by atoms with E-state index in [1.807, 2.05) is 30.3 Å². The first-order chi connectivity index (χ1) is 12.7. The molecule has 0 saturated heterocycles. The highest BCUT2D eigenvalue weighted by atomic mass is 16.2. The molecular weight excluding hydrogens is 322 g/mol.